The van der Waals surface area contributed by atoms with E-state index in [9.17, 15) is 0 Å². The second-order valence-corrected chi connectivity index (χ2v) is 5.10. The number of ether oxygens (including phenoxy) is 1. The maximum atomic E-state index is 9.03. The molecule has 1 N–H and O–H groups in total. The summed E-state index contributed by atoms with van der Waals surface area (Å²) in [6.45, 7) is 5.01. The number of nitrogens with zero attached hydrogens (tertiary/aromatic N) is 2. The van der Waals surface area contributed by atoms with E-state index in [0.29, 0.717) is 12.3 Å². The number of hydrogen-bond acceptors (Lipinski definition) is 4. The van der Waals surface area contributed by atoms with E-state index < -0.39 is 0 Å². The van der Waals surface area contributed by atoms with Crippen molar-refractivity contribution in [1.82, 2.24) is 5.32 Å². The van der Waals surface area contributed by atoms with Crippen molar-refractivity contribution in [3.05, 3.63) is 24.3 Å². The fourth-order valence-corrected chi connectivity index (χ4v) is 2.61. The molecule has 1 saturated heterocycles. The van der Waals surface area contributed by atoms with Gasteiger partial charge in [0.15, 0.2) is 0 Å². The fraction of sp³-hybridized carbons (Fsp3) is 0.533. The first-order chi connectivity index (χ1) is 9.26. The second kappa shape index (κ2) is 6.44. The quantitative estimate of drug-likeness (QED) is 0.902. The van der Waals surface area contributed by atoms with Crippen LogP contribution in [0.3, 0.4) is 0 Å². The predicted molar refractivity (Wildman–Crippen MR) is 76.4 cm³/mol. The van der Waals surface area contributed by atoms with E-state index in [2.05, 4.69) is 29.3 Å². The molecular weight excluding hydrogens is 238 g/mol. The topological polar surface area (TPSA) is 48.3 Å². The maximum Gasteiger partial charge on any atom is 0.142 e. The molecule has 0 radical (unpaired) electrons. The van der Waals surface area contributed by atoms with Crippen LogP contribution >= 0.6 is 0 Å². The Labute approximate surface area is 115 Å². The normalized spacial score (nSPS) is 23.5. The van der Waals surface area contributed by atoms with Gasteiger partial charge in [-0.2, -0.15) is 5.26 Å². The van der Waals surface area contributed by atoms with Gasteiger partial charge in [0.1, 0.15) is 5.75 Å². The zero-order valence-electron chi connectivity index (χ0n) is 11.6. The van der Waals surface area contributed by atoms with E-state index in [0.717, 1.165) is 31.1 Å². The third kappa shape index (κ3) is 3.18. The van der Waals surface area contributed by atoms with Crippen molar-refractivity contribution < 1.29 is 4.74 Å². The highest BCUT2D eigenvalue weighted by atomic mass is 16.5. The highest BCUT2D eigenvalue weighted by Gasteiger charge is 2.25. The van der Waals surface area contributed by atoms with Crippen LogP contribution in [0.1, 0.15) is 13.3 Å². The summed E-state index contributed by atoms with van der Waals surface area (Å²) < 4.78 is 5.46. The van der Waals surface area contributed by atoms with Gasteiger partial charge in [0.2, 0.25) is 0 Å². The number of para-hydroxylation sites is 2. The Hall–Kier alpha value is -1.73. The first-order valence-electron chi connectivity index (χ1n) is 6.73. The Balaban J connectivity index is 2.32. The van der Waals surface area contributed by atoms with Crippen LogP contribution in [0.2, 0.25) is 0 Å². The molecule has 4 nitrogen and oxygen atoms in total. The average Bonchev–Trinajstić information content (AvgIpc) is 2.61. The molecule has 0 aliphatic carbocycles. The Morgan fingerprint density at radius 1 is 1.42 bits per heavy atom. The molecule has 102 valence electrons. The number of hydrogen-bond donors (Lipinski definition) is 1. The molecule has 0 saturated carbocycles. The third-order valence-corrected chi connectivity index (χ3v) is 3.54. The van der Waals surface area contributed by atoms with Gasteiger partial charge in [-0.1, -0.05) is 19.1 Å². The minimum absolute atomic E-state index is 0.200. The van der Waals surface area contributed by atoms with Gasteiger partial charge in [0, 0.05) is 13.1 Å². The average molecular weight is 259 g/mol. The minimum atomic E-state index is 0.200. The Kier molecular flexibility index (Phi) is 4.64. The molecule has 2 atom stereocenters. The van der Waals surface area contributed by atoms with Gasteiger partial charge in [-0.25, -0.2) is 0 Å². The van der Waals surface area contributed by atoms with E-state index in [-0.39, 0.29) is 6.04 Å². The maximum absolute atomic E-state index is 9.03. The molecule has 0 amide bonds. The van der Waals surface area contributed by atoms with Crippen LogP contribution < -0.4 is 15.0 Å². The largest absolute Gasteiger partial charge is 0.495 e. The summed E-state index contributed by atoms with van der Waals surface area (Å²) in [5, 5.41) is 12.5. The number of anilines is 1. The Morgan fingerprint density at radius 3 is 2.95 bits per heavy atom. The fourth-order valence-electron chi connectivity index (χ4n) is 2.61. The number of nitriles is 1. The van der Waals surface area contributed by atoms with Crippen molar-refractivity contribution in [1.29, 1.82) is 5.26 Å². The molecule has 1 fully saturated rings. The summed E-state index contributed by atoms with van der Waals surface area (Å²) in [7, 11) is 1.69. The van der Waals surface area contributed by atoms with E-state index in [1.165, 1.54) is 0 Å². The van der Waals surface area contributed by atoms with Gasteiger partial charge in [-0.15, -0.1) is 0 Å². The summed E-state index contributed by atoms with van der Waals surface area (Å²) in [6, 6.07) is 10.5. The zero-order chi connectivity index (χ0) is 13.7. The molecular formula is C15H21N3O. The van der Waals surface area contributed by atoms with Gasteiger partial charge < -0.3 is 15.0 Å². The lowest BCUT2D eigenvalue weighted by molar-refractivity contribution is 0.412. The van der Waals surface area contributed by atoms with Crippen molar-refractivity contribution in [2.45, 2.75) is 19.4 Å². The molecule has 0 aromatic heterocycles. The van der Waals surface area contributed by atoms with Gasteiger partial charge in [0.25, 0.3) is 0 Å². The predicted octanol–water partition coefficient (Wildman–Crippen LogP) is 2.02. The first-order valence-corrected chi connectivity index (χ1v) is 6.73. The lowest BCUT2D eigenvalue weighted by Crippen LogP contribution is -2.40. The Bertz CT molecular complexity index is 455. The summed E-state index contributed by atoms with van der Waals surface area (Å²) >= 11 is 0. The highest BCUT2D eigenvalue weighted by molar-refractivity contribution is 5.59. The molecule has 0 spiro atoms. The Morgan fingerprint density at radius 2 is 2.21 bits per heavy atom. The summed E-state index contributed by atoms with van der Waals surface area (Å²) in [5.74, 6) is 1.42. The number of methoxy groups -OCH3 is 1. The molecule has 1 aromatic rings. The first kappa shape index (κ1) is 13.7. The van der Waals surface area contributed by atoms with Crippen molar-refractivity contribution in [2.75, 3.05) is 31.6 Å². The lowest BCUT2D eigenvalue weighted by Gasteiger charge is -2.32. The monoisotopic (exact) mass is 259 g/mol. The van der Waals surface area contributed by atoms with Crippen LogP contribution in [0.5, 0.6) is 5.75 Å². The third-order valence-electron chi connectivity index (χ3n) is 3.54. The molecule has 1 aromatic carbocycles. The summed E-state index contributed by atoms with van der Waals surface area (Å²) in [5.41, 5.74) is 1.08. The highest BCUT2D eigenvalue weighted by Crippen LogP contribution is 2.31. The number of rotatable bonds is 3. The van der Waals surface area contributed by atoms with Crippen molar-refractivity contribution in [3.63, 3.8) is 0 Å². The molecule has 0 bridgehead atoms. The van der Waals surface area contributed by atoms with Crippen LogP contribution in [0.4, 0.5) is 5.69 Å². The van der Waals surface area contributed by atoms with E-state index in [4.69, 9.17) is 10.00 Å². The van der Waals surface area contributed by atoms with E-state index in [1.807, 2.05) is 18.2 Å². The van der Waals surface area contributed by atoms with Crippen LogP contribution in [-0.4, -0.2) is 32.8 Å². The molecule has 1 aliphatic heterocycles. The molecule has 2 unspecified atom stereocenters. The second-order valence-electron chi connectivity index (χ2n) is 5.10. The van der Waals surface area contributed by atoms with Crippen molar-refractivity contribution in [2.24, 2.45) is 5.92 Å². The van der Waals surface area contributed by atoms with E-state index in [1.54, 1.807) is 7.11 Å². The van der Waals surface area contributed by atoms with Crippen molar-refractivity contribution >= 4 is 5.69 Å². The van der Waals surface area contributed by atoms with E-state index >= 15 is 0 Å². The van der Waals surface area contributed by atoms with Gasteiger partial charge in [-0.3, -0.25) is 0 Å². The van der Waals surface area contributed by atoms with Crippen LogP contribution in [0.25, 0.3) is 0 Å². The molecule has 1 heterocycles. The molecule has 4 heteroatoms. The molecule has 19 heavy (non-hydrogen) atoms. The summed E-state index contributed by atoms with van der Waals surface area (Å²) in [4.78, 5) is 2.31. The van der Waals surface area contributed by atoms with Crippen molar-refractivity contribution in [3.8, 4) is 11.8 Å². The van der Waals surface area contributed by atoms with Gasteiger partial charge in [0.05, 0.1) is 31.3 Å². The SMILES string of the molecule is COc1ccccc1N1CC(C)CNCC1CC#N. The zero-order valence-corrected chi connectivity index (χ0v) is 11.6. The molecule has 1 aliphatic rings. The standard InChI is InChI=1S/C15H21N3O/c1-12-9-17-10-13(7-8-16)18(11-12)14-5-3-4-6-15(14)19-2/h3-6,12-13,17H,7,9-11H2,1-2H3. The number of nitrogens with one attached hydrogen (secondary N) is 1. The van der Waals surface area contributed by atoms with Gasteiger partial charge >= 0.3 is 0 Å². The smallest absolute Gasteiger partial charge is 0.142 e. The number of benzene rings is 1. The molecule has 2 rings (SSSR count). The van der Waals surface area contributed by atoms with Gasteiger partial charge in [-0.05, 0) is 24.6 Å². The van der Waals surface area contributed by atoms with Crippen LogP contribution in [0.15, 0.2) is 24.3 Å². The summed E-state index contributed by atoms with van der Waals surface area (Å²) in [6.07, 6.45) is 0.526. The minimum Gasteiger partial charge on any atom is -0.495 e. The van der Waals surface area contributed by atoms with Crippen LogP contribution in [0, 0.1) is 17.2 Å². The van der Waals surface area contributed by atoms with Crippen LogP contribution in [-0.2, 0) is 0 Å². The lowest BCUT2D eigenvalue weighted by atomic mass is 10.1.